The Labute approximate surface area is 156 Å². The number of halogens is 6. The van der Waals surface area contributed by atoms with Gasteiger partial charge in [0.25, 0.3) is 10.0 Å². The van der Waals surface area contributed by atoms with Crippen molar-refractivity contribution >= 4 is 15.7 Å². The smallest absolute Gasteiger partial charge is 0.357 e. The number of hydrogen-bond acceptors (Lipinski definition) is 2. The molecule has 0 bridgehead atoms. The number of benzene rings is 2. The van der Waals surface area contributed by atoms with E-state index in [1.165, 1.54) is 16.9 Å². The molecular formula is C17H10F6N2O2S. The van der Waals surface area contributed by atoms with Gasteiger partial charge in [0.05, 0.1) is 18.3 Å². The fourth-order valence-electron chi connectivity index (χ4n) is 2.38. The third kappa shape index (κ3) is 3.70. The second-order valence-electron chi connectivity index (χ2n) is 5.53. The van der Waals surface area contributed by atoms with Gasteiger partial charge in [0.15, 0.2) is 5.82 Å². The first-order valence-electron chi connectivity index (χ1n) is 7.94. The number of aromatic nitrogens is 1. The molecule has 0 amide bonds. The first-order chi connectivity index (χ1) is 13.4. The summed E-state index contributed by atoms with van der Waals surface area (Å²) in [5.74, 6) is -5.25. The molecule has 0 saturated carbocycles. The number of alkyl halides is 3. The molecule has 148 valence electrons. The number of anilines is 1. The molecule has 3 aromatic rings. The second-order valence-corrected chi connectivity index (χ2v) is 7.18. The zero-order valence-corrected chi connectivity index (χ0v) is 14.4. The molecule has 2 N–H and O–H groups in total. The quantitative estimate of drug-likeness (QED) is 0.588. The van der Waals surface area contributed by atoms with E-state index in [0.717, 1.165) is 6.20 Å². The van der Waals surface area contributed by atoms with Crippen LogP contribution in [0.5, 0.6) is 0 Å². The molecule has 0 aliphatic heterocycles. The summed E-state index contributed by atoms with van der Waals surface area (Å²) < 4.78 is 114. The molecule has 3 rings (SSSR count). The van der Waals surface area contributed by atoms with Gasteiger partial charge < -0.3 is 4.98 Å². The third-order valence-electron chi connectivity index (χ3n) is 3.64. The molecule has 0 radical (unpaired) electrons. The van der Waals surface area contributed by atoms with Gasteiger partial charge in [-0.1, -0.05) is 30.3 Å². The van der Waals surface area contributed by atoms with Crippen LogP contribution in [-0.4, -0.2) is 13.4 Å². The van der Waals surface area contributed by atoms with E-state index in [9.17, 15) is 34.8 Å². The minimum atomic E-state index is -5.36. The molecule has 0 spiro atoms. The van der Waals surface area contributed by atoms with E-state index in [4.69, 9.17) is 1.37 Å². The largest absolute Gasteiger partial charge is 0.419 e. The number of nitrogens with one attached hydrogen (secondary N) is 2. The summed E-state index contributed by atoms with van der Waals surface area (Å²) in [5, 5.41) is 0. The van der Waals surface area contributed by atoms with Gasteiger partial charge in [-0.05, 0) is 6.04 Å². The van der Waals surface area contributed by atoms with Crippen molar-refractivity contribution in [3.63, 3.8) is 0 Å². The van der Waals surface area contributed by atoms with Gasteiger partial charge in [0, 0.05) is 17.8 Å². The second kappa shape index (κ2) is 6.89. The van der Waals surface area contributed by atoms with Crippen molar-refractivity contribution in [1.82, 2.24) is 4.98 Å². The molecule has 0 aliphatic rings. The van der Waals surface area contributed by atoms with Crippen LogP contribution in [0.3, 0.4) is 0 Å². The van der Waals surface area contributed by atoms with Crippen LogP contribution in [0, 0.1) is 17.5 Å². The fraction of sp³-hybridized carbons (Fsp3) is 0.0588. The van der Waals surface area contributed by atoms with Crippen molar-refractivity contribution in [3.05, 3.63) is 71.7 Å². The molecule has 4 nitrogen and oxygen atoms in total. The molecule has 2 aromatic carbocycles. The lowest BCUT2D eigenvalue weighted by molar-refractivity contribution is -0.140. The monoisotopic (exact) mass is 421 g/mol. The zero-order chi connectivity index (χ0) is 21.6. The summed E-state index contributed by atoms with van der Waals surface area (Å²) in [4.78, 5) is 1.43. The van der Waals surface area contributed by atoms with Crippen molar-refractivity contribution in [1.29, 1.82) is 0 Å². The van der Waals surface area contributed by atoms with Gasteiger partial charge in [-0.2, -0.15) is 13.2 Å². The Morgan fingerprint density at radius 2 is 1.68 bits per heavy atom. The normalized spacial score (nSPS) is 12.7. The van der Waals surface area contributed by atoms with Crippen LogP contribution in [0.25, 0.3) is 11.3 Å². The maximum Gasteiger partial charge on any atom is 0.419 e. The first-order valence-corrected chi connectivity index (χ1v) is 8.92. The van der Waals surface area contributed by atoms with Crippen LogP contribution >= 0.6 is 0 Å². The summed E-state index contributed by atoms with van der Waals surface area (Å²) >= 11 is 0. The highest BCUT2D eigenvalue weighted by Gasteiger charge is 2.36. The Morgan fingerprint density at radius 1 is 1.04 bits per heavy atom. The van der Waals surface area contributed by atoms with E-state index in [-0.39, 0.29) is 11.8 Å². The topological polar surface area (TPSA) is 62.0 Å². The van der Waals surface area contributed by atoms with Crippen LogP contribution in [0.15, 0.2) is 53.5 Å². The van der Waals surface area contributed by atoms with E-state index in [1.54, 1.807) is 18.2 Å². The van der Waals surface area contributed by atoms with E-state index in [0.29, 0.717) is 5.56 Å². The lowest BCUT2D eigenvalue weighted by Crippen LogP contribution is -2.16. The highest BCUT2D eigenvalue weighted by atomic mass is 32.2. The molecular weight excluding hydrogens is 410 g/mol. The summed E-state index contributed by atoms with van der Waals surface area (Å²) in [6, 6.07) is 5.80. The van der Waals surface area contributed by atoms with E-state index < -0.39 is 55.8 Å². The third-order valence-corrected chi connectivity index (χ3v) is 5.01. The Balaban J connectivity index is 2.03. The molecule has 1 heterocycles. The minimum absolute atomic E-state index is 0.0591. The molecule has 0 saturated heterocycles. The lowest BCUT2D eigenvalue weighted by atomic mass is 10.1. The number of rotatable bonds is 4. The van der Waals surface area contributed by atoms with Crippen molar-refractivity contribution in [3.8, 4) is 11.3 Å². The predicted molar refractivity (Wildman–Crippen MR) is 88.4 cm³/mol. The van der Waals surface area contributed by atoms with Gasteiger partial charge in [0.2, 0.25) is 0 Å². The number of sulfonamides is 1. The Hall–Kier alpha value is -2.95. The SMILES string of the molecule is [2H]c1c(F)c(NS(=O)(=O)c2c[nH]c(-c3ccccc3)c2F)cc(F)c1C(F)(F)F. The zero-order valence-electron chi connectivity index (χ0n) is 14.5. The molecule has 0 fully saturated rings. The fourth-order valence-corrected chi connectivity index (χ4v) is 3.48. The Bertz CT molecular complexity index is 1180. The van der Waals surface area contributed by atoms with E-state index in [2.05, 4.69) is 4.98 Å². The Kier molecular flexibility index (Phi) is 4.53. The van der Waals surface area contributed by atoms with Crippen molar-refractivity contribution in [2.24, 2.45) is 0 Å². The molecule has 28 heavy (non-hydrogen) atoms. The summed E-state index contributed by atoms with van der Waals surface area (Å²) in [5.41, 5.74) is -3.35. The van der Waals surface area contributed by atoms with Crippen LogP contribution in [-0.2, 0) is 16.2 Å². The molecule has 0 unspecified atom stereocenters. The molecule has 11 heteroatoms. The standard InChI is InChI=1S/C17H10F6N2O2S/c18-11-7-13(12(19)6-10(11)17(21,22)23)25-28(26,27)14-8-24-16(15(14)20)9-4-2-1-3-5-9/h1-8,24-25H/i6D. The first kappa shape index (κ1) is 18.4. The van der Waals surface area contributed by atoms with Crippen LogP contribution in [0.4, 0.5) is 32.0 Å². The van der Waals surface area contributed by atoms with Crippen molar-refractivity contribution in [2.75, 3.05) is 4.72 Å². The van der Waals surface area contributed by atoms with Crippen LogP contribution in [0.2, 0.25) is 0 Å². The molecule has 1 aromatic heterocycles. The maximum absolute atomic E-state index is 14.6. The van der Waals surface area contributed by atoms with Gasteiger partial charge in [-0.15, -0.1) is 0 Å². The minimum Gasteiger partial charge on any atom is -0.357 e. The average molecular weight is 421 g/mol. The van der Waals surface area contributed by atoms with Gasteiger partial charge in [-0.25, -0.2) is 21.6 Å². The van der Waals surface area contributed by atoms with Crippen LogP contribution < -0.4 is 4.72 Å². The molecule has 0 atom stereocenters. The summed E-state index contributed by atoms with van der Waals surface area (Å²) in [6.45, 7) is 0. The summed E-state index contributed by atoms with van der Waals surface area (Å²) in [7, 11) is -4.86. The van der Waals surface area contributed by atoms with Gasteiger partial charge in [0.1, 0.15) is 16.5 Å². The summed E-state index contributed by atoms with van der Waals surface area (Å²) in [6.07, 6.45) is -4.61. The number of hydrogen-bond donors (Lipinski definition) is 2. The number of H-pyrrole nitrogens is 1. The number of aromatic amines is 1. The Morgan fingerprint density at radius 3 is 2.29 bits per heavy atom. The van der Waals surface area contributed by atoms with E-state index >= 15 is 0 Å². The van der Waals surface area contributed by atoms with E-state index in [1.807, 2.05) is 0 Å². The van der Waals surface area contributed by atoms with Crippen molar-refractivity contribution < 1.29 is 36.1 Å². The maximum atomic E-state index is 14.6. The molecule has 0 aliphatic carbocycles. The average Bonchev–Trinajstić information content (AvgIpc) is 3.01. The van der Waals surface area contributed by atoms with Crippen LogP contribution in [0.1, 0.15) is 6.93 Å². The highest BCUT2D eigenvalue weighted by molar-refractivity contribution is 7.92. The van der Waals surface area contributed by atoms with Crippen molar-refractivity contribution in [2.45, 2.75) is 11.1 Å². The van der Waals surface area contributed by atoms with Gasteiger partial charge in [-0.3, -0.25) is 4.72 Å². The predicted octanol–water partition coefficient (Wildman–Crippen LogP) is 4.92. The van der Waals surface area contributed by atoms with Gasteiger partial charge >= 0.3 is 6.18 Å². The highest BCUT2D eigenvalue weighted by Crippen LogP contribution is 2.35. The lowest BCUT2D eigenvalue weighted by Gasteiger charge is -2.12.